The minimum Gasteiger partial charge on any atom is -0.368 e. The van der Waals surface area contributed by atoms with Crippen LogP contribution in [0.5, 0.6) is 0 Å². The first-order chi connectivity index (χ1) is 12.2. The van der Waals surface area contributed by atoms with Crippen LogP contribution >= 0.6 is 0 Å². The second-order valence-electron chi connectivity index (χ2n) is 6.08. The monoisotopic (exact) mass is 337 g/mol. The van der Waals surface area contributed by atoms with E-state index in [2.05, 4.69) is 62.9 Å². The molecule has 0 aliphatic carbocycles. The number of aryl methyl sites for hydroxylation is 1. The zero-order chi connectivity index (χ0) is 17.6. The summed E-state index contributed by atoms with van der Waals surface area (Å²) in [4.78, 5) is 25.1. The summed E-state index contributed by atoms with van der Waals surface area (Å²) in [6.45, 7) is 9.69. The predicted octanol–water partition coefficient (Wildman–Crippen LogP) is 2.03. The molecule has 0 atom stereocenters. The van der Waals surface area contributed by atoms with Crippen molar-refractivity contribution in [2.75, 3.05) is 42.5 Å². The summed E-state index contributed by atoms with van der Waals surface area (Å²) in [6.07, 6.45) is 4.79. The number of hydrogen-bond donors (Lipinski definition) is 1. The van der Waals surface area contributed by atoms with Crippen molar-refractivity contribution in [1.82, 2.24) is 15.3 Å². The van der Waals surface area contributed by atoms with Gasteiger partial charge < -0.3 is 15.1 Å². The number of benzene rings is 1. The average Bonchev–Trinajstić information content (AvgIpc) is 2.66. The number of amides is 1. The molecule has 0 bridgehead atoms. The van der Waals surface area contributed by atoms with Crippen LogP contribution in [-0.4, -0.2) is 48.6 Å². The van der Waals surface area contributed by atoms with Crippen molar-refractivity contribution in [3.63, 3.8) is 0 Å². The van der Waals surface area contributed by atoms with Gasteiger partial charge in [-0.3, -0.25) is 4.79 Å². The maximum Gasteiger partial charge on any atom is 0.254 e. The van der Waals surface area contributed by atoms with E-state index < -0.39 is 0 Å². The second kappa shape index (κ2) is 7.79. The summed E-state index contributed by atoms with van der Waals surface area (Å²) in [5.41, 5.74) is 2.99. The Kier molecular flexibility index (Phi) is 5.28. The van der Waals surface area contributed by atoms with Gasteiger partial charge in [-0.15, -0.1) is 6.58 Å². The third-order valence-corrected chi connectivity index (χ3v) is 4.24. The number of nitrogens with one attached hydrogen (secondary N) is 1. The third-order valence-electron chi connectivity index (χ3n) is 4.24. The van der Waals surface area contributed by atoms with E-state index in [1.54, 1.807) is 18.5 Å². The van der Waals surface area contributed by atoms with Gasteiger partial charge in [0.2, 0.25) is 5.95 Å². The highest BCUT2D eigenvalue weighted by molar-refractivity contribution is 5.93. The average molecular weight is 337 g/mol. The molecule has 0 spiro atoms. The molecule has 0 radical (unpaired) electrons. The van der Waals surface area contributed by atoms with Crippen molar-refractivity contribution in [2.45, 2.75) is 6.92 Å². The number of aromatic nitrogens is 2. The SMILES string of the molecule is C=CCNC(=O)c1cnc(N2CCN(c3cccc(C)c3)CC2)nc1. The molecule has 1 aromatic carbocycles. The van der Waals surface area contributed by atoms with Gasteiger partial charge in [0.1, 0.15) is 0 Å². The molecule has 1 saturated heterocycles. The Morgan fingerprint density at radius 2 is 1.88 bits per heavy atom. The van der Waals surface area contributed by atoms with Crippen LogP contribution in [0.25, 0.3) is 0 Å². The fourth-order valence-corrected chi connectivity index (χ4v) is 2.86. The van der Waals surface area contributed by atoms with Crippen molar-refractivity contribution in [3.8, 4) is 0 Å². The zero-order valence-electron chi connectivity index (χ0n) is 14.5. The molecule has 0 saturated carbocycles. The Balaban J connectivity index is 1.59. The molecule has 1 aromatic heterocycles. The molecule has 6 heteroatoms. The van der Waals surface area contributed by atoms with Gasteiger partial charge in [0.25, 0.3) is 5.91 Å². The molecule has 25 heavy (non-hydrogen) atoms. The molecule has 1 aliphatic heterocycles. The Morgan fingerprint density at radius 3 is 2.52 bits per heavy atom. The fraction of sp³-hybridized carbons (Fsp3) is 0.316. The predicted molar refractivity (Wildman–Crippen MR) is 100 cm³/mol. The van der Waals surface area contributed by atoms with Crippen molar-refractivity contribution in [2.24, 2.45) is 0 Å². The van der Waals surface area contributed by atoms with Gasteiger partial charge in [-0.1, -0.05) is 18.2 Å². The van der Waals surface area contributed by atoms with Gasteiger partial charge in [-0.2, -0.15) is 0 Å². The van der Waals surface area contributed by atoms with E-state index in [4.69, 9.17) is 0 Å². The van der Waals surface area contributed by atoms with Crippen LogP contribution < -0.4 is 15.1 Å². The number of rotatable bonds is 5. The van der Waals surface area contributed by atoms with Gasteiger partial charge >= 0.3 is 0 Å². The first kappa shape index (κ1) is 17.0. The summed E-state index contributed by atoms with van der Waals surface area (Å²) < 4.78 is 0. The Labute approximate surface area is 148 Å². The van der Waals surface area contributed by atoms with Crippen molar-refractivity contribution >= 4 is 17.5 Å². The maximum absolute atomic E-state index is 11.9. The molecule has 6 nitrogen and oxygen atoms in total. The Morgan fingerprint density at radius 1 is 1.20 bits per heavy atom. The van der Waals surface area contributed by atoms with E-state index in [9.17, 15) is 4.79 Å². The molecule has 1 N–H and O–H groups in total. The number of piperazine rings is 1. The van der Waals surface area contributed by atoms with E-state index in [1.807, 2.05) is 0 Å². The van der Waals surface area contributed by atoms with Crippen LogP contribution in [0.4, 0.5) is 11.6 Å². The van der Waals surface area contributed by atoms with Crippen LogP contribution in [0.1, 0.15) is 15.9 Å². The lowest BCUT2D eigenvalue weighted by Crippen LogP contribution is -2.47. The molecule has 130 valence electrons. The molecule has 3 rings (SSSR count). The van der Waals surface area contributed by atoms with Crippen molar-refractivity contribution in [1.29, 1.82) is 0 Å². The van der Waals surface area contributed by atoms with E-state index in [0.29, 0.717) is 18.1 Å². The van der Waals surface area contributed by atoms with Crippen LogP contribution in [0.15, 0.2) is 49.3 Å². The smallest absolute Gasteiger partial charge is 0.254 e. The minimum atomic E-state index is -0.185. The van der Waals surface area contributed by atoms with Gasteiger partial charge in [0.15, 0.2) is 0 Å². The second-order valence-corrected chi connectivity index (χ2v) is 6.08. The van der Waals surface area contributed by atoms with Crippen LogP contribution in [0.3, 0.4) is 0 Å². The first-order valence-corrected chi connectivity index (χ1v) is 8.45. The van der Waals surface area contributed by atoms with Gasteiger partial charge in [0, 0.05) is 50.8 Å². The van der Waals surface area contributed by atoms with E-state index in [1.165, 1.54) is 11.3 Å². The lowest BCUT2D eigenvalue weighted by atomic mass is 10.2. The number of anilines is 2. The van der Waals surface area contributed by atoms with Crippen molar-refractivity contribution < 1.29 is 4.79 Å². The standard InChI is InChI=1S/C19H23N5O/c1-3-7-20-18(25)16-13-21-19(22-14-16)24-10-8-23(9-11-24)17-6-4-5-15(2)12-17/h3-6,12-14H,1,7-11H2,2H3,(H,20,25). The van der Waals surface area contributed by atoms with E-state index >= 15 is 0 Å². The third kappa shape index (κ3) is 4.15. The molecular weight excluding hydrogens is 314 g/mol. The first-order valence-electron chi connectivity index (χ1n) is 8.45. The minimum absolute atomic E-state index is 0.185. The summed E-state index contributed by atoms with van der Waals surface area (Å²) in [5.74, 6) is 0.486. The normalized spacial score (nSPS) is 14.3. The lowest BCUT2D eigenvalue weighted by Gasteiger charge is -2.36. The highest BCUT2D eigenvalue weighted by atomic mass is 16.1. The highest BCUT2D eigenvalue weighted by Crippen LogP contribution is 2.19. The Bertz CT molecular complexity index is 736. The van der Waals surface area contributed by atoms with Crippen molar-refractivity contribution in [3.05, 3.63) is 60.4 Å². The molecular formula is C19H23N5O. The van der Waals surface area contributed by atoms with Gasteiger partial charge in [-0.25, -0.2) is 9.97 Å². The van der Waals surface area contributed by atoms with Gasteiger partial charge in [-0.05, 0) is 24.6 Å². The Hall–Kier alpha value is -2.89. The number of hydrogen-bond acceptors (Lipinski definition) is 5. The van der Waals surface area contributed by atoms with Crippen LogP contribution in [0.2, 0.25) is 0 Å². The molecule has 0 unspecified atom stereocenters. The van der Waals surface area contributed by atoms with Crippen LogP contribution in [-0.2, 0) is 0 Å². The van der Waals surface area contributed by atoms with E-state index in [0.717, 1.165) is 26.2 Å². The molecule has 1 fully saturated rings. The lowest BCUT2D eigenvalue weighted by molar-refractivity contribution is 0.0957. The van der Waals surface area contributed by atoms with E-state index in [-0.39, 0.29) is 5.91 Å². The number of nitrogens with zero attached hydrogens (tertiary/aromatic N) is 4. The largest absolute Gasteiger partial charge is 0.368 e. The van der Waals surface area contributed by atoms with Crippen LogP contribution in [0, 0.1) is 6.92 Å². The highest BCUT2D eigenvalue weighted by Gasteiger charge is 2.19. The molecule has 2 aromatic rings. The zero-order valence-corrected chi connectivity index (χ0v) is 14.5. The number of carbonyl (C=O) groups excluding carboxylic acids is 1. The summed E-state index contributed by atoms with van der Waals surface area (Å²) in [5, 5.41) is 2.72. The topological polar surface area (TPSA) is 61.4 Å². The van der Waals surface area contributed by atoms with Gasteiger partial charge in [0.05, 0.1) is 5.56 Å². The maximum atomic E-state index is 11.9. The molecule has 1 aliphatic rings. The fourth-order valence-electron chi connectivity index (χ4n) is 2.86. The summed E-state index contributed by atoms with van der Waals surface area (Å²) in [7, 11) is 0. The number of carbonyl (C=O) groups is 1. The quantitative estimate of drug-likeness (QED) is 0.846. The molecule has 1 amide bonds. The molecule has 2 heterocycles. The summed E-state index contributed by atoms with van der Waals surface area (Å²) in [6, 6.07) is 8.56. The summed E-state index contributed by atoms with van der Waals surface area (Å²) >= 11 is 0.